The second kappa shape index (κ2) is 5.59. The van der Waals surface area contributed by atoms with E-state index in [-0.39, 0.29) is 23.6 Å². The summed E-state index contributed by atoms with van der Waals surface area (Å²) in [5.41, 5.74) is 1.78. The number of phenolic OH excluding ortho intramolecular Hbond substituents is 2. The highest BCUT2D eigenvalue weighted by molar-refractivity contribution is 5.40. The molecule has 0 bridgehead atoms. The summed E-state index contributed by atoms with van der Waals surface area (Å²) >= 11 is 0. The number of rotatable bonds is 4. The van der Waals surface area contributed by atoms with Crippen LogP contribution in [0.15, 0.2) is 28.7 Å². The lowest BCUT2D eigenvalue weighted by atomic mass is 10.0. The van der Waals surface area contributed by atoms with Crippen molar-refractivity contribution < 1.29 is 14.6 Å². The van der Waals surface area contributed by atoms with E-state index < -0.39 is 0 Å². The van der Waals surface area contributed by atoms with Crippen molar-refractivity contribution in [1.29, 1.82) is 0 Å². The Morgan fingerprint density at radius 2 is 1.65 bits per heavy atom. The van der Waals surface area contributed by atoms with E-state index in [4.69, 9.17) is 4.42 Å². The van der Waals surface area contributed by atoms with Crippen molar-refractivity contribution >= 4 is 0 Å². The molecule has 0 aliphatic rings. The number of furan rings is 1. The SMILES string of the molecule is Cc1cc(C(C)NC(C)c2cc(O)ccc2O)c(C)o1. The third-order valence-electron chi connectivity index (χ3n) is 3.52. The highest BCUT2D eigenvalue weighted by Crippen LogP contribution is 2.30. The van der Waals surface area contributed by atoms with Gasteiger partial charge in [0.15, 0.2) is 0 Å². The molecular weight excluding hydrogens is 254 g/mol. The fourth-order valence-electron chi connectivity index (χ4n) is 2.52. The van der Waals surface area contributed by atoms with Gasteiger partial charge in [-0.1, -0.05) is 0 Å². The molecule has 1 aromatic heterocycles. The highest BCUT2D eigenvalue weighted by atomic mass is 16.3. The highest BCUT2D eigenvalue weighted by Gasteiger charge is 2.17. The van der Waals surface area contributed by atoms with Crippen LogP contribution in [0.3, 0.4) is 0 Å². The zero-order chi connectivity index (χ0) is 14.9. The van der Waals surface area contributed by atoms with Gasteiger partial charge in [0.25, 0.3) is 0 Å². The molecule has 3 N–H and O–H groups in total. The van der Waals surface area contributed by atoms with E-state index in [1.165, 1.54) is 12.1 Å². The van der Waals surface area contributed by atoms with Crippen LogP contribution < -0.4 is 5.32 Å². The van der Waals surface area contributed by atoms with Gasteiger partial charge in [-0.2, -0.15) is 0 Å². The van der Waals surface area contributed by atoms with Crippen molar-refractivity contribution in [2.45, 2.75) is 39.8 Å². The summed E-state index contributed by atoms with van der Waals surface area (Å²) in [4.78, 5) is 0. The second-order valence-electron chi connectivity index (χ2n) is 5.22. The topological polar surface area (TPSA) is 65.6 Å². The number of hydrogen-bond acceptors (Lipinski definition) is 4. The Hall–Kier alpha value is -1.94. The number of hydrogen-bond donors (Lipinski definition) is 3. The molecule has 0 aliphatic heterocycles. The van der Waals surface area contributed by atoms with Gasteiger partial charge in [-0.05, 0) is 52.0 Å². The molecule has 0 radical (unpaired) electrons. The van der Waals surface area contributed by atoms with E-state index in [2.05, 4.69) is 5.32 Å². The molecule has 0 amide bonds. The van der Waals surface area contributed by atoms with Gasteiger partial charge in [-0.25, -0.2) is 0 Å². The summed E-state index contributed by atoms with van der Waals surface area (Å²) in [5.74, 6) is 2.11. The molecule has 1 heterocycles. The Kier molecular flexibility index (Phi) is 4.04. The molecule has 4 nitrogen and oxygen atoms in total. The molecule has 2 rings (SSSR count). The molecule has 2 aromatic rings. The first-order chi connectivity index (χ1) is 9.38. The molecule has 2 unspecified atom stereocenters. The van der Waals surface area contributed by atoms with Gasteiger partial charge >= 0.3 is 0 Å². The minimum atomic E-state index is -0.0910. The zero-order valence-corrected chi connectivity index (χ0v) is 12.3. The van der Waals surface area contributed by atoms with Crippen molar-refractivity contribution in [3.63, 3.8) is 0 Å². The van der Waals surface area contributed by atoms with Crippen molar-refractivity contribution in [1.82, 2.24) is 5.32 Å². The van der Waals surface area contributed by atoms with Crippen molar-refractivity contribution in [3.8, 4) is 11.5 Å². The van der Waals surface area contributed by atoms with Gasteiger partial charge in [-0.3, -0.25) is 0 Å². The summed E-state index contributed by atoms with van der Waals surface area (Å²) in [7, 11) is 0. The van der Waals surface area contributed by atoms with Gasteiger partial charge in [0.05, 0.1) is 0 Å². The van der Waals surface area contributed by atoms with E-state index in [1.807, 2.05) is 33.8 Å². The third kappa shape index (κ3) is 2.96. The number of aryl methyl sites for hydroxylation is 2. The van der Waals surface area contributed by atoms with Crippen LogP contribution in [-0.4, -0.2) is 10.2 Å². The minimum Gasteiger partial charge on any atom is -0.508 e. The summed E-state index contributed by atoms with van der Waals surface area (Å²) in [6.45, 7) is 7.87. The normalized spacial score (nSPS) is 14.2. The Morgan fingerprint density at radius 1 is 1.00 bits per heavy atom. The minimum absolute atomic E-state index is 0.0872. The zero-order valence-electron chi connectivity index (χ0n) is 12.3. The first-order valence-corrected chi connectivity index (χ1v) is 6.73. The number of phenols is 2. The molecule has 0 aliphatic carbocycles. The predicted octanol–water partition coefficient (Wildman–Crippen LogP) is 3.72. The van der Waals surface area contributed by atoms with Crippen LogP contribution in [0.25, 0.3) is 0 Å². The molecule has 2 atom stereocenters. The Balaban J connectivity index is 2.17. The summed E-state index contributed by atoms with van der Waals surface area (Å²) in [6.07, 6.45) is 0. The molecule has 20 heavy (non-hydrogen) atoms. The van der Waals surface area contributed by atoms with Crippen molar-refractivity contribution in [3.05, 3.63) is 46.9 Å². The van der Waals surface area contributed by atoms with E-state index in [1.54, 1.807) is 6.07 Å². The smallest absolute Gasteiger partial charge is 0.120 e. The van der Waals surface area contributed by atoms with Crippen LogP contribution in [0.1, 0.15) is 48.6 Å². The van der Waals surface area contributed by atoms with Gasteiger partial charge in [0, 0.05) is 23.2 Å². The Bertz CT molecular complexity index is 604. The quantitative estimate of drug-likeness (QED) is 0.744. The monoisotopic (exact) mass is 275 g/mol. The van der Waals surface area contributed by atoms with Crippen LogP contribution >= 0.6 is 0 Å². The average molecular weight is 275 g/mol. The van der Waals surface area contributed by atoms with Crippen molar-refractivity contribution in [2.24, 2.45) is 0 Å². The summed E-state index contributed by atoms with van der Waals surface area (Å²) in [5, 5.41) is 22.8. The lowest BCUT2D eigenvalue weighted by Crippen LogP contribution is -2.22. The number of nitrogens with one attached hydrogen (secondary N) is 1. The van der Waals surface area contributed by atoms with Crippen LogP contribution in [0.2, 0.25) is 0 Å². The molecule has 0 fully saturated rings. The fourth-order valence-corrected chi connectivity index (χ4v) is 2.52. The molecular formula is C16H21NO3. The first kappa shape index (κ1) is 14.5. The van der Waals surface area contributed by atoms with Crippen molar-refractivity contribution in [2.75, 3.05) is 0 Å². The maximum atomic E-state index is 9.88. The van der Waals surface area contributed by atoms with Gasteiger partial charge in [0.2, 0.25) is 0 Å². The maximum Gasteiger partial charge on any atom is 0.120 e. The molecule has 0 spiro atoms. The van der Waals surface area contributed by atoms with Gasteiger partial charge in [-0.15, -0.1) is 0 Å². The lowest BCUT2D eigenvalue weighted by Gasteiger charge is -2.21. The van der Waals surface area contributed by atoms with E-state index >= 15 is 0 Å². The van der Waals surface area contributed by atoms with Gasteiger partial charge < -0.3 is 19.9 Å². The molecule has 4 heteroatoms. The molecule has 1 aromatic carbocycles. The summed E-state index contributed by atoms with van der Waals surface area (Å²) < 4.78 is 5.54. The fraction of sp³-hybridized carbons (Fsp3) is 0.375. The van der Waals surface area contributed by atoms with E-state index in [0.717, 1.165) is 17.1 Å². The molecule has 0 saturated carbocycles. The second-order valence-corrected chi connectivity index (χ2v) is 5.22. The first-order valence-electron chi connectivity index (χ1n) is 6.73. The number of benzene rings is 1. The van der Waals surface area contributed by atoms with E-state index in [0.29, 0.717) is 5.56 Å². The maximum absolute atomic E-state index is 9.88. The van der Waals surface area contributed by atoms with Crippen LogP contribution in [0.5, 0.6) is 11.5 Å². The van der Waals surface area contributed by atoms with E-state index in [9.17, 15) is 10.2 Å². The van der Waals surface area contributed by atoms with Crippen LogP contribution in [0.4, 0.5) is 0 Å². The van der Waals surface area contributed by atoms with Crippen LogP contribution in [-0.2, 0) is 0 Å². The largest absolute Gasteiger partial charge is 0.508 e. The lowest BCUT2D eigenvalue weighted by molar-refractivity contribution is 0.426. The standard InChI is InChI=1S/C16H21NO3/c1-9-7-14(12(4)20-9)10(2)17-11(3)15-8-13(18)5-6-16(15)19/h5-8,10-11,17-19H,1-4H3. The number of aromatic hydroxyl groups is 2. The Labute approximate surface area is 119 Å². The van der Waals surface area contributed by atoms with Gasteiger partial charge in [0.1, 0.15) is 23.0 Å². The predicted molar refractivity (Wildman–Crippen MR) is 77.9 cm³/mol. The third-order valence-corrected chi connectivity index (χ3v) is 3.52. The van der Waals surface area contributed by atoms with Crippen LogP contribution in [0, 0.1) is 13.8 Å². The molecule has 0 saturated heterocycles. The Morgan fingerprint density at radius 3 is 2.25 bits per heavy atom. The average Bonchev–Trinajstić information content (AvgIpc) is 2.71. The summed E-state index contributed by atoms with van der Waals surface area (Å²) in [6, 6.07) is 6.56. The molecule has 108 valence electrons.